The second kappa shape index (κ2) is 8.30. The van der Waals surface area contributed by atoms with Crippen molar-refractivity contribution in [2.75, 3.05) is 13.1 Å². The minimum Gasteiger partial charge on any atom is -0.316 e. The number of rotatable bonds is 8. The highest BCUT2D eigenvalue weighted by Gasteiger charge is 2.29. The summed E-state index contributed by atoms with van der Waals surface area (Å²) in [6.45, 7) is 6.19. The van der Waals surface area contributed by atoms with Crippen molar-refractivity contribution in [3.05, 3.63) is 35.4 Å². The van der Waals surface area contributed by atoms with Crippen LogP contribution in [0, 0.1) is 5.92 Å². The first-order valence-electron chi connectivity index (χ1n) is 7.34. The van der Waals surface area contributed by atoms with Crippen LogP contribution in [0.3, 0.4) is 0 Å². The maximum atomic E-state index is 12.5. The zero-order valence-electron chi connectivity index (χ0n) is 12.3. The largest absolute Gasteiger partial charge is 0.416 e. The van der Waals surface area contributed by atoms with Gasteiger partial charge in [-0.05, 0) is 56.0 Å². The standard InChI is InChI=1S/C16H24F3N/c1-3-5-14(12-20-10-4-2)11-13-6-8-15(9-7-13)16(17,18)19/h6-9,14,20H,3-5,10-12H2,1-2H3. The van der Waals surface area contributed by atoms with Crippen molar-refractivity contribution in [2.24, 2.45) is 5.92 Å². The Morgan fingerprint density at radius 3 is 2.20 bits per heavy atom. The van der Waals surface area contributed by atoms with Crippen LogP contribution in [0.15, 0.2) is 24.3 Å². The third kappa shape index (κ3) is 5.95. The lowest BCUT2D eigenvalue weighted by molar-refractivity contribution is -0.137. The van der Waals surface area contributed by atoms with Gasteiger partial charge in [0, 0.05) is 0 Å². The Hall–Kier alpha value is -1.03. The van der Waals surface area contributed by atoms with Gasteiger partial charge in [0.25, 0.3) is 0 Å². The summed E-state index contributed by atoms with van der Waals surface area (Å²) in [5.41, 5.74) is 0.409. The number of alkyl halides is 3. The summed E-state index contributed by atoms with van der Waals surface area (Å²) in [5.74, 6) is 0.489. The van der Waals surface area contributed by atoms with Gasteiger partial charge in [0.15, 0.2) is 0 Å². The van der Waals surface area contributed by atoms with Crippen molar-refractivity contribution < 1.29 is 13.2 Å². The molecule has 1 nitrogen and oxygen atoms in total. The van der Waals surface area contributed by atoms with Crippen LogP contribution in [0.25, 0.3) is 0 Å². The molecular weight excluding hydrogens is 263 g/mol. The summed E-state index contributed by atoms with van der Waals surface area (Å²) in [6.07, 6.45) is -0.122. The Morgan fingerprint density at radius 1 is 1.05 bits per heavy atom. The van der Waals surface area contributed by atoms with Gasteiger partial charge in [0.1, 0.15) is 0 Å². The van der Waals surface area contributed by atoms with E-state index in [9.17, 15) is 13.2 Å². The molecule has 0 aliphatic rings. The SMILES string of the molecule is CCCNCC(CCC)Cc1ccc(C(F)(F)F)cc1. The average molecular weight is 287 g/mol. The van der Waals surface area contributed by atoms with Gasteiger partial charge < -0.3 is 5.32 Å². The highest BCUT2D eigenvalue weighted by Crippen LogP contribution is 2.29. The average Bonchev–Trinajstić information content (AvgIpc) is 2.39. The maximum Gasteiger partial charge on any atom is 0.416 e. The van der Waals surface area contributed by atoms with Gasteiger partial charge in [-0.1, -0.05) is 32.4 Å². The fourth-order valence-corrected chi connectivity index (χ4v) is 2.33. The lowest BCUT2D eigenvalue weighted by Crippen LogP contribution is -2.25. The van der Waals surface area contributed by atoms with E-state index in [-0.39, 0.29) is 0 Å². The van der Waals surface area contributed by atoms with Gasteiger partial charge in [-0.25, -0.2) is 0 Å². The molecule has 0 fully saturated rings. The van der Waals surface area contributed by atoms with Crippen molar-refractivity contribution in [1.29, 1.82) is 0 Å². The Bertz CT molecular complexity index is 370. The Balaban J connectivity index is 2.59. The van der Waals surface area contributed by atoms with E-state index in [0.717, 1.165) is 44.3 Å². The minimum absolute atomic E-state index is 0.489. The van der Waals surface area contributed by atoms with Crippen LogP contribution in [0.4, 0.5) is 13.2 Å². The molecule has 20 heavy (non-hydrogen) atoms. The molecule has 1 aromatic carbocycles. The fourth-order valence-electron chi connectivity index (χ4n) is 2.33. The predicted octanol–water partition coefficient (Wildman–Crippen LogP) is 4.66. The molecule has 0 bridgehead atoms. The third-order valence-electron chi connectivity index (χ3n) is 3.36. The zero-order valence-corrected chi connectivity index (χ0v) is 12.3. The maximum absolute atomic E-state index is 12.5. The minimum atomic E-state index is -4.25. The second-order valence-corrected chi connectivity index (χ2v) is 5.26. The van der Waals surface area contributed by atoms with Crippen LogP contribution in [-0.2, 0) is 12.6 Å². The Morgan fingerprint density at radius 2 is 1.70 bits per heavy atom. The molecule has 0 radical (unpaired) electrons. The second-order valence-electron chi connectivity index (χ2n) is 5.26. The van der Waals surface area contributed by atoms with Crippen LogP contribution < -0.4 is 5.32 Å². The number of nitrogens with one attached hydrogen (secondary N) is 1. The van der Waals surface area contributed by atoms with E-state index in [1.165, 1.54) is 12.1 Å². The van der Waals surface area contributed by atoms with E-state index >= 15 is 0 Å². The number of hydrogen-bond acceptors (Lipinski definition) is 1. The molecular formula is C16H24F3N. The van der Waals surface area contributed by atoms with Crippen molar-refractivity contribution in [3.8, 4) is 0 Å². The van der Waals surface area contributed by atoms with Crippen LogP contribution in [-0.4, -0.2) is 13.1 Å². The van der Waals surface area contributed by atoms with Crippen molar-refractivity contribution in [1.82, 2.24) is 5.32 Å². The van der Waals surface area contributed by atoms with E-state index < -0.39 is 11.7 Å². The van der Waals surface area contributed by atoms with Crippen LogP contribution >= 0.6 is 0 Å². The smallest absolute Gasteiger partial charge is 0.316 e. The molecule has 0 aliphatic carbocycles. The van der Waals surface area contributed by atoms with Crippen LogP contribution in [0.2, 0.25) is 0 Å². The summed E-state index contributed by atoms with van der Waals surface area (Å²) in [4.78, 5) is 0. The lowest BCUT2D eigenvalue weighted by atomic mass is 9.94. The van der Waals surface area contributed by atoms with E-state index in [4.69, 9.17) is 0 Å². The molecule has 114 valence electrons. The predicted molar refractivity (Wildman–Crippen MR) is 76.7 cm³/mol. The Kier molecular flexibility index (Phi) is 7.06. The molecule has 0 aliphatic heterocycles. The van der Waals surface area contributed by atoms with Gasteiger partial charge in [-0.3, -0.25) is 0 Å². The number of hydrogen-bond donors (Lipinski definition) is 1. The van der Waals surface area contributed by atoms with E-state index in [1.54, 1.807) is 12.1 Å². The monoisotopic (exact) mass is 287 g/mol. The van der Waals surface area contributed by atoms with Crippen molar-refractivity contribution in [2.45, 2.75) is 45.7 Å². The third-order valence-corrected chi connectivity index (χ3v) is 3.36. The summed E-state index contributed by atoms with van der Waals surface area (Å²) >= 11 is 0. The summed E-state index contributed by atoms with van der Waals surface area (Å²) in [6, 6.07) is 5.56. The zero-order chi connectivity index (χ0) is 15.0. The van der Waals surface area contributed by atoms with E-state index in [2.05, 4.69) is 19.2 Å². The van der Waals surface area contributed by atoms with Crippen LogP contribution in [0.5, 0.6) is 0 Å². The first-order chi connectivity index (χ1) is 9.47. The molecule has 0 amide bonds. The quantitative estimate of drug-likeness (QED) is 0.685. The summed E-state index contributed by atoms with van der Waals surface area (Å²) in [5, 5.41) is 3.40. The van der Waals surface area contributed by atoms with E-state index in [0.29, 0.717) is 5.92 Å². The molecule has 1 unspecified atom stereocenters. The summed E-state index contributed by atoms with van der Waals surface area (Å²) in [7, 11) is 0. The van der Waals surface area contributed by atoms with Crippen molar-refractivity contribution in [3.63, 3.8) is 0 Å². The van der Waals surface area contributed by atoms with E-state index in [1.807, 2.05) is 0 Å². The normalized spacial score (nSPS) is 13.4. The molecule has 1 rings (SSSR count). The first kappa shape index (κ1) is 17.0. The number of halogens is 3. The first-order valence-corrected chi connectivity index (χ1v) is 7.34. The highest BCUT2D eigenvalue weighted by molar-refractivity contribution is 5.24. The molecule has 1 N–H and O–H groups in total. The molecule has 0 saturated carbocycles. The highest BCUT2D eigenvalue weighted by atomic mass is 19.4. The number of benzene rings is 1. The van der Waals surface area contributed by atoms with Crippen molar-refractivity contribution >= 4 is 0 Å². The topological polar surface area (TPSA) is 12.0 Å². The lowest BCUT2D eigenvalue weighted by Gasteiger charge is -2.17. The summed E-state index contributed by atoms with van der Waals surface area (Å²) < 4.78 is 37.5. The van der Waals surface area contributed by atoms with Gasteiger partial charge >= 0.3 is 6.18 Å². The van der Waals surface area contributed by atoms with Gasteiger partial charge in [-0.15, -0.1) is 0 Å². The molecule has 1 atom stereocenters. The Labute approximate surface area is 119 Å². The molecule has 0 aromatic heterocycles. The molecule has 1 aromatic rings. The van der Waals surface area contributed by atoms with Gasteiger partial charge in [0.2, 0.25) is 0 Å². The van der Waals surface area contributed by atoms with Crippen LogP contribution in [0.1, 0.15) is 44.2 Å². The van der Waals surface area contributed by atoms with Gasteiger partial charge in [-0.2, -0.15) is 13.2 Å². The molecule has 0 spiro atoms. The molecule has 0 saturated heterocycles. The van der Waals surface area contributed by atoms with Gasteiger partial charge in [0.05, 0.1) is 5.56 Å². The molecule has 4 heteroatoms. The fraction of sp³-hybridized carbons (Fsp3) is 0.625. The molecule has 0 heterocycles.